The summed E-state index contributed by atoms with van der Waals surface area (Å²) in [5.74, 6) is 0. The lowest BCUT2D eigenvalue weighted by molar-refractivity contribution is 1.28. The quantitative estimate of drug-likeness (QED) is 0.188. The molecule has 3 heteroatoms. The Morgan fingerprint density at radius 1 is 0.289 bits per heavy atom. The molecule has 0 aliphatic heterocycles. The number of rotatable bonds is 5. The summed E-state index contributed by atoms with van der Waals surface area (Å²) in [4.78, 5) is 2.33. The van der Waals surface area contributed by atoms with Crippen molar-refractivity contribution >= 4 is 80.1 Å². The number of fused-ring (bicyclic) bond motifs is 6. The molecule has 0 atom stereocenters. The summed E-state index contributed by atoms with van der Waals surface area (Å²) in [6.45, 7) is 0. The summed E-state index contributed by atoms with van der Waals surface area (Å²) >= 11 is 3.72. The van der Waals surface area contributed by atoms with Gasteiger partial charge in [-0.1, -0.05) is 91.0 Å². The van der Waals surface area contributed by atoms with Crippen molar-refractivity contribution in [2.45, 2.75) is 0 Å². The van der Waals surface area contributed by atoms with Gasteiger partial charge in [0.05, 0.1) is 0 Å². The fourth-order valence-corrected chi connectivity index (χ4v) is 8.61. The maximum Gasteiger partial charge on any atom is 0.0462 e. The Labute approximate surface area is 269 Å². The average molecular weight is 610 g/mol. The minimum atomic E-state index is 1.13. The smallest absolute Gasteiger partial charge is 0.0462 e. The van der Waals surface area contributed by atoms with Crippen LogP contribution in [0.15, 0.2) is 164 Å². The van der Waals surface area contributed by atoms with E-state index < -0.39 is 0 Å². The lowest BCUT2D eigenvalue weighted by atomic mass is 10.0. The molecule has 0 spiro atoms. The highest BCUT2D eigenvalue weighted by Crippen LogP contribution is 2.40. The van der Waals surface area contributed by atoms with E-state index in [0.717, 1.165) is 17.1 Å². The zero-order chi connectivity index (χ0) is 29.7. The van der Waals surface area contributed by atoms with Crippen LogP contribution in [-0.4, -0.2) is 0 Å². The van der Waals surface area contributed by atoms with Crippen LogP contribution in [0.4, 0.5) is 17.1 Å². The predicted molar refractivity (Wildman–Crippen MR) is 198 cm³/mol. The monoisotopic (exact) mass is 609 g/mol. The Hall–Kier alpha value is -5.22. The van der Waals surface area contributed by atoms with E-state index in [1.165, 1.54) is 62.6 Å². The molecule has 0 aliphatic carbocycles. The van der Waals surface area contributed by atoms with E-state index >= 15 is 0 Å². The van der Waals surface area contributed by atoms with Gasteiger partial charge in [-0.3, -0.25) is 0 Å². The first-order valence-electron chi connectivity index (χ1n) is 15.2. The van der Waals surface area contributed by atoms with Crippen molar-refractivity contribution < 1.29 is 0 Å². The van der Waals surface area contributed by atoms with Gasteiger partial charge in [0, 0.05) is 57.4 Å². The van der Waals surface area contributed by atoms with Gasteiger partial charge < -0.3 is 4.90 Å². The second-order valence-electron chi connectivity index (χ2n) is 11.4. The third-order valence-electron chi connectivity index (χ3n) is 8.69. The third-order valence-corrected chi connectivity index (χ3v) is 11.0. The summed E-state index contributed by atoms with van der Waals surface area (Å²) in [5.41, 5.74) is 8.31. The molecule has 45 heavy (non-hydrogen) atoms. The molecule has 0 bridgehead atoms. The lowest BCUT2D eigenvalue weighted by Crippen LogP contribution is -2.09. The van der Waals surface area contributed by atoms with Crippen LogP contribution in [0.5, 0.6) is 0 Å². The molecule has 0 saturated heterocycles. The van der Waals surface area contributed by atoms with Crippen LogP contribution in [0.25, 0.3) is 62.6 Å². The highest BCUT2D eigenvalue weighted by molar-refractivity contribution is 7.26. The largest absolute Gasteiger partial charge is 0.311 e. The summed E-state index contributed by atoms with van der Waals surface area (Å²) in [5, 5.41) is 5.32. The van der Waals surface area contributed by atoms with Crippen LogP contribution >= 0.6 is 22.7 Å². The maximum absolute atomic E-state index is 2.34. The van der Waals surface area contributed by atoms with Gasteiger partial charge in [-0.15, -0.1) is 22.7 Å². The number of para-hydroxylation sites is 1. The Balaban J connectivity index is 1.07. The van der Waals surface area contributed by atoms with Gasteiger partial charge in [-0.2, -0.15) is 0 Å². The summed E-state index contributed by atoms with van der Waals surface area (Å²) in [6.07, 6.45) is 0. The normalized spacial score (nSPS) is 11.6. The number of hydrogen-bond acceptors (Lipinski definition) is 3. The van der Waals surface area contributed by atoms with Crippen LogP contribution < -0.4 is 4.90 Å². The Morgan fingerprint density at radius 3 is 1.16 bits per heavy atom. The summed E-state index contributed by atoms with van der Waals surface area (Å²) in [7, 11) is 0. The maximum atomic E-state index is 2.34. The van der Waals surface area contributed by atoms with Crippen molar-refractivity contribution in [3.63, 3.8) is 0 Å². The van der Waals surface area contributed by atoms with E-state index in [-0.39, 0.29) is 0 Å². The zero-order valence-corrected chi connectivity index (χ0v) is 26.0. The van der Waals surface area contributed by atoms with Crippen LogP contribution in [0.2, 0.25) is 0 Å². The lowest BCUT2D eigenvalue weighted by Gasteiger charge is -2.26. The van der Waals surface area contributed by atoms with Crippen LogP contribution in [0, 0.1) is 0 Å². The topological polar surface area (TPSA) is 3.24 Å². The molecule has 0 radical (unpaired) electrons. The van der Waals surface area contributed by atoms with Crippen molar-refractivity contribution in [3.8, 4) is 22.3 Å². The molecule has 0 unspecified atom stereocenters. The first kappa shape index (κ1) is 26.2. The molecule has 0 saturated carbocycles. The zero-order valence-electron chi connectivity index (χ0n) is 24.4. The first-order valence-corrected chi connectivity index (χ1v) is 16.8. The van der Waals surface area contributed by atoms with Crippen molar-refractivity contribution in [1.82, 2.24) is 0 Å². The van der Waals surface area contributed by atoms with Crippen LogP contribution in [0.3, 0.4) is 0 Å². The highest BCUT2D eigenvalue weighted by Gasteiger charge is 2.14. The molecular weight excluding hydrogens is 583 g/mol. The SMILES string of the molecule is c1ccc(N(c2ccc(-c3ccc4sc5ccccc5c4c3)cc2)c2ccc(-c3ccc4sc5ccccc5c4c3)cc2)cc1. The first-order chi connectivity index (χ1) is 22.3. The molecule has 9 rings (SSSR count). The molecule has 0 amide bonds. The van der Waals surface area contributed by atoms with E-state index in [2.05, 4.69) is 169 Å². The van der Waals surface area contributed by atoms with Crippen molar-refractivity contribution in [3.05, 3.63) is 164 Å². The van der Waals surface area contributed by atoms with Crippen LogP contribution in [-0.2, 0) is 0 Å². The number of nitrogens with zero attached hydrogens (tertiary/aromatic N) is 1. The highest BCUT2D eigenvalue weighted by atomic mass is 32.1. The fraction of sp³-hybridized carbons (Fsp3) is 0. The Morgan fingerprint density at radius 2 is 0.667 bits per heavy atom. The molecule has 7 aromatic carbocycles. The van der Waals surface area contributed by atoms with Crippen LogP contribution in [0.1, 0.15) is 0 Å². The van der Waals surface area contributed by atoms with Gasteiger partial charge in [0.1, 0.15) is 0 Å². The van der Waals surface area contributed by atoms with E-state index in [9.17, 15) is 0 Å². The van der Waals surface area contributed by atoms with Gasteiger partial charge in [0.25, 0.3) is 0 Å². The Kier molecular flexibility index (Phi) is 6.26. The Bertz CT molecular complexity index is 2310. The van der Waals surface area contributed by atoms with Gasteiger partial charge >= 0.3 is 0 Å². The second kappa shape index (κ2) is 10.7. The van der Waals surface area contributed by atoms with E-state index in [0.29, 0.717) is 0 Å². The van der Waals surface area contributed by atoms with E-state index in [1.807, 2.05) is 22.7 Å². The van der Waals surface area contributed by atoms with Gasteiger partial charge in [0.2, 0.25) is 0 Å². The standard InChI is InChI=1S/C42H27NS2/c1-2-8-32(9-3-1)43(33-20-14-28(15-21-33)30-18-24-41-37(26-30)35-10-4-6-12-39(35)44-41)34-22-16-29(17-23-34)31-19-25-42-38(27-31)36-11-5-7-13-40(36)45-42/h1-27H. The summed E-state index contributed by atoms with van der Waals surface area (Å²) < 4.78 is 5.34. The molecule has 0 fully saturated rings. The summed E-state index contributed by atoms with van der Waals surface area (Å²) in [6, 6.07) is 59.6. The minimum Gasteiger partial charge on any atom is -0.311 e. The van der Waals surface area contributed by atoms with Gasteiger partial charge in [0.15, 0.2) is 0 Å². The van der Waals surface area contributed by atoms with Crippen molar-refractivity contribution in [2.75, 3.05) is 4.90 Å². The minimum absolute atomic E-state index is 1.13. The molecule has 1 nitrogen and oxygen atoms in total. The number of benzene rings is 7. The molecule has 212 valence electrons. The van der Waals surface area contributed by atoms with Gasteiger partial charge in [-0.25, -0.2) is 0 Å². The average Bonchev–Trinajstić information content (AvgIpc) is 3.67. The van der Waals surface area contributed by atoms with Crippen molar-refractivity contribution in [2.24, 2.45) is 0 Å². The molecule has 2 aromatic heterocycles. The van der Waals surface area contributed by atoms with Gasteiger partial charge in [-0.05, 0) is 95.1 Å². The number of hydrogen-bond donors (Lipinski definition) is 0. The molecular formula is C42H27NS2. The van der Waals surface area contributed by atoms with E-state index in [4.69, 9.17) is 0 Å². The third kappa shape index (κ3) is 4.60. The molecule has 0 N–H and O–H groups in total. The second-order valence-corrected chi connectivity index (χ2v) is 13.6. The van der Waals surface area contributed by atoms with E-state index in [1.54, 1.807) is 0 Å². The number of thiophene rings is 2. The molecule has 0 aliphatic rings. The predicted octanol–water partition coefficient (Wildman–Crippen LogP) is 13.2. The van der Waals surface area contributed by atoms with Crippen molar-refractivity contribution in [1.29, 1.82) is 0 Å². The fourth-order valence-electron chi connectivity index (χ4n) is 6.44. The number of anilines is 3. The molecule has 2 heterocycles. The molecule has 9 aromatic rings.